The van der Waals surface area contributed by atoms with E-state index in [4.69, 9.17) is 11.6 Å². The smallest absolute Gasteiger partial charge is 0.235 e. The Hall–Kier alpha value is -1.09. The number of rotatable bonds is 3. The first kappa shape index (κ1) is 11.0. The summed E-state index contributed by atoms with van der Waals surface area (Å²) in [6.45, 7) is 2.11. The van der Waals surface area contributed by atoms with Crippen LogP contribution in [0.4, 0.5) is 4.39 Å². The number of amides is 1. The van der Waals surface area contributed by atoms with Gasteiger partial charge in [0, 0.05) is 6.54 Å². The lowest BCUT2D eigenvalue weighted by atomic mass is 10.1. The van der Waals surface area contributed by atoms with Gasteiger partial charge >= 0.3 is 0 Å². The van der Waals surface area contributed by atoms with E-state index in [2.05, 4.69) is 5.32 Å². The molecule has 0 aliphatic heterocycles. The molecule has 0 unspecified atom stereocenters. The van der Waals surface area contributed by atoms with Gasteiger partial charge in [-0.2, -0.15) is 0 Å². The molecule has 1 rings (SSSR count). The Kier molecular flexibility index (Phi) is 3.89. The van der Waals surface area contributed by atoms with E-state index in [0.717, 1.165) is 11.1 Å². The van der Waals surface area contributed by atoms with Gasteiger partial charge in [-0.15, -0.1) is 11.6 Å². The van der Waals surface area contributed by atoms with Gasteiger partial charge in [0.1, 0.15) is 11.7 Å². The van der Waals surface area contributed by atoms with E-state index in [1.54, 1.807) is 6.92 Å². The van der Waals surface area contributed by atoms with Crippen molar-refractivity contribution in [3.63, 3.8) is 0 Å². The Labute approximate surface area is 87.1 Å². The summed E-state index contributed by atoms with van der Waals surface area (Å²) in [5, 5.41) is 2.57. The molecule has 0 aliphatic carbocycles. The molecule has 0 aromatic heterocycles. The zero-order valence-corrected chi connectivity index (χ0v) is 8.57. The Morgan fingerprint density at radius 2 is 2.21 bits per heavy atom. The van der Waals surface area contributed by atoms with Gasteiger partial charge in [0.25, 0.3) is 0 Å². The van der Waals surface area contributed by atoms with Crippen LogP contribution in [-0.4, -0.2) is 11.8 Å². The number of benzene rings is 1. The Morgan fingerprint density at radius 3 is 2.79 bits per heavy atom. The highest BCUT2D eigenvalue weighted by atomic mass is 35.5. The molecule has 0 bridgehead atoms. The fourth-order valence-corrected chi connectivity index (χ4v) is 1.26. The van der Waals surface area contributed by atoms with Crippen molar-refractivity contribution in [2.45, 2.75) is 13.5 Å². The first-order valence-corrected chi connectivity index (χ1v) is 4.74. The van der Waals surface area contributed by atoms with Crippen LogP contribution in [0.3, 0.4) is 0 Å². The third-order valence-electron chi connectivity index (χ3n) is 1.71. The molecule has 4 heteroatoms. The predicted molar refractivity (Wildman–Crippen MR) is 53.7 cm³/mol. The van der Waals surface area contributed by atoms with E-state index >= 15 is 0 Å². The first-order valence-electron chi connectivity index (χ1n) is 4.20. The molecular formula is C10H11ClFNO. The van der Waals surface area contributed by atoms with E-state index in [9.17, 15) is 9.18 Å². The highest BCUT2D eigenvalue weighted by Gasteiger charge is 2.00. The Morgan fingerprint density at radius 1 is 1.50 bits per heavy atom. The molecule has 0 spiro atoms. The number of halogens is 2. The maximum Gasteiger partial charge on any atom is 0.235 e. The standard InChI is InChI=1S/C10H11ClFNO/c1-7-2-8(4-9(12)3-7)6-13-10(14)5-11/h2-4H,5-6H2,1H3,(H,13,14). The second-order valence-corrected chi connectivity index (χ2v) is 3.31. The summed E-state index contributed by atoms with van der Waals surface area (Å²) in [6, 6.07) is 4.64. The molecule has 0 atom stereocenters. The highest BCUT2D eigenvalue weighted by Crippen LogP contribution is 2.07. The summed E-state index contributed by atoms with van der Waals surface area (Å²) in [5.41, 5.74) is 1.57. The number of carbonyl (C=O) groups is 1. The van der Waals surface area contributed by atoms with Crippen LogP contribution < -0.4 is 5.32 Å². The lowest BCUT2D eigenvalue weighted by molar-refractivity contribution is -0.118. The third-order valence-corrected chi connectivity index (χ3v) is 1.96. The van der Waals surface area contributed by atoms with Crippen molar-refractivity contribution in [3.05, 3.63) is 35.1 Å². The van der Waals surface area contributed by atoms with Crippen LogP contribution in [-0.2, 0) is 11.3 Å². The van der Waals surface area contributed by atoms with Gasteiger partial charge in [-0.3, -0.25) is 4.79 Å². The topological polar surface area (TPSA) is 29.1 Å². The molecule has 1 N–H and O–H groups in total. The minimum absolute atomic E-state index is 0.0751. The molecular weight excluding hydrogens is 205 g/mol. The molecule has 0 fully saturated rings. The molecule has 0 saturated carbocycles. The van der Waals surface area contributed by atoms with Gasteiger partial charge in [0.2, 0.25) is 5.91 Å². The molecule has 0 aliphatic rings. The summed E-state index contributed by atoms with van der Waals surface area (Å²) in [6.07, 6.45) is 0. The zero-order valence-electron chi connectivity index (χ0n) is 7.81. The van der Waals surface area contributed by atoms with E-state index in [1.165, 1.54) is 12.1 Å². The highest BCUT2D eigenvalue weighted by molar-refractivity contribution is 6.27. The second kappa shape index (κ2) is 4.96. The monoisotopic (exact) mass is 215 g/mol. The Balaban J connectivity index is 2.63. The SMILES string of the molecule is Cc1cc(F)cc(CNC(=O)CCl)c1. The first-order chi connectivity index (χ1) is 6.61. The summed E-state index contributed by atoms with van der Waals surface area (Å²) in [5.74, 6) is -0.623. The van der Waals surface area contributed by atoms with E-state index in [1.807, 2.05) is 6.07 Å². The molecule has 0 saturated heterocycles. The number of nitrogens with one attached hydrogen (secondary N) is 1. The molecule has 1 amide bonds. The molecule has 0 heterocycles. The number of carbonyl (C=O) groups excluding carboxylic acids is 1. The van der Waals surface area contributed by atoms with Crippen LogP contribution in [0.1, 0.15) is 11.1 Å². The fourth-order valence-electron chi connectivity index (χ4n) is 1.16. The van der Waals surface area contributed by atoms with Gasteiger partial charge in [-0.05, 0) is 30.2 Å². The van der Waals surface area contributed by atoms with Crippen molar-refractivity contribution in [1.29, 1.82) is 0 Å². The Bertz CT molecular complexity index is 321. The molecule has 1 aromatic rings. The minimum Gasteiger partial charge on any atom is -0.351 e. The average Bonchev–Trinajstić information content (AvgIpc) is 2.12. The van der Waals surface area contributed by atoms with Crippen molar-refractivity contribution in [2.24, 2.45) is 0 Å². The molecule has 76 valence electrons. The number of aryl methyl sites for hydroxylation is 1. The largest absolute Gasteiger partial charge is 0.351 e. The summed E-state index contributed by atoms with van der Waals surface area (Å²) in [7, 11) is 0. The number of alkyl halides is 1. The van der Waals surface area contributed by atoms with Crippen LogP contribution in [0, 0.1) is 12.7 Å². The van der Waals surface area contributed by atoms with E-state index in [-0.39, 0.29) is 17.6 Å². The van der Waals surface area contributed by atoms with Crippen molar-refractivity contribution in [3.8, 4) is 0 Å². The van der Waals surface area contributed by atoms with Crippen molar-refractivity contribution in [2.75, 3.05) is 5.88 Å². The third kappa shape index (κ3) is 3.34. The predicted octanol–water partition coefficient (Wildman–Crippen LogP) is 1.99. The van der Waals surface area contributed by atoms with Gasteiger partial charge in [0.05, 0.1) is 0 Å². The lowest BCUT2D eigenvalue weighted by Crippen LogP contribution is -2.23. The van der Waals surface area contributed by atoms with Crippen molar-refractivity contribution >= 4 is 17.5 Å². The van der Waals surface area contributed by atoms with Gasteiger partial charge < -0.3 is 5.32 Å². The molecule has 14 heavy (non-hydrogen) atoms. The minimum atomic E-state index is -0.292. The van der Waals surface area contributed by atoms with E-state index < -0.39 is 0 Å². The van der Waals surface area contributed by atoms with Crippen LogP contribution >= 0.6 is 11.6 Å². The zero-order chi connectivity index (χ0) is 10.6. The second-order valence-electron chi connectivity index (χ2n) is 3.05. The van der Waals surface area contributed by atoms with Gasteiger partial charge in [-0.25, -0.2) is 4.39 Å². The molecule has 0 radical (unpaired) electrons. The average molecular weight is 216 g/mol. The van der Waals surface area contributed by atoms with Gasteiger partial charge in [-0.1, -0.05) is 6.07 Å². The van der Waals surface area contributed by atoms with Crippen molar-refractivity contribution in [1.82, 2.24) is 5.32 Å². The quantitative estimate of drug-likeness (QED) is 0.768. The summed E-state index contributed by atoms with van der Waals surface area (Å²) in [4.78, 5) is 10.8. The van der Waals surface area contributed by atoms with E-state index in [0.29, 0.717) is 6.54 Å². The fraction of sp³-hybridized carbons (Fsp3) is 0.300. The number of hydrogen-bond donors (Lipinski definition) is 1. The van der Waals surface area contributed by atoms with Crippen LogP contribution in [0.25, 0.3) is 0 Å². The lowest BCUT2D eigenvalue weighted by Gasteiger charge is -2.04. The normalized spacial score (nSPS) is 9.93. The molecule has 1 aromatic carbocycles. The molecule has 2 nitrogen and oxygen atoms in total. The summed E-state index contributed by atoms with van der Waals surface area (Å²) < 4.78 is 12.9. The maximum absolute atomic E-state index is 12.9. The van der Waals surface area contributed by atoms with Crippen LogP contribution in [0.15, 0.2) is 18.2 Å². The number of hydrogen-bond acceptors (Lipinski definition) is 1. The summed E-state index contributed by atoms with van der Waals surface area (Å²) >= 11 is 5.29. The van der Waals surface area contributed by atoms with Crippen molar-refractivity contribution < 1.29 is 9.18 Å². The van der Waals surface area contributed by atoms with Gasteiger partial charge in [0.15, 0.2) is 0 Å². The maximum atomic E-state index is 12.9. The van der Waals surface area contributed by atoms with Crippen LogP contribution in [0.5, 0.6) is 0 Å². The van der Waals surface area contributed by atoms with Crippen LogP contribution in [0.2, 0.25) is 0 Å².